The van der Waals surface area contributed by atoms with Crippen LogP contribution in [-0.4, -0.2) is 40.2 Å². The quantitative estimate of drug-likeness (QED) is 0.496. The number of hydrogen-bond acceptors (Lipinski definition) is 5. The van der Waals surface area contributed by atoms with E-state index in [0.29, 0.717) is 6.29 Å². The Bertz CT molecular complexity index is 211. The Kier molecular flexibility index (Phi) is 3.51. The number of ether oxygens (including phenoxy) is 2. The zero-order valence-electron chi connectivity index (χ0n) is 6.97. The Hall–Kier alpha value is -0.340. The molecule has 1 heterocycles. The molecule has 0 aliphatic carbocycles. The van der Waals surface area contributed by atoms with Gasteiger partial charge in [-0.15, -0.1) is 0 Å². The third-order valence-electron chi connectivity index (χ3n) is 1.70. The van der Waals surface area contributed by atoms with Gasteiger partial charge in [0.15, 0.2) is 6.29 Å². The molecule has 6 nitrogen and oxygen atoms in total. The number of rotatable bonds is 4. The fourth-order valence-electron chi connectivity index (χ4n) is 1.03. The second kappa shape index (κ2) is 4.25. The summed E-state index contributed by atoms with van der Waals surface area (Å²) in [6.07, 6.45) is -0.490. The van der Waals surface area contributed by atoms with Gasteiger partial charge in [0.25, 0.3) is 5.79 Å². The molecule has 1 fully saturated rings. The molecule has 1 N–H and O–H groups in total. The summed E-state index contributed by atoms with van der Waals surface area (Å²) in [4.78, 5) is 10.6. The van der Waals surface area contributed by atoms with E-state index in [1.165, 1.54) is 6.92 Å². The lowest BCUT2D eigenvalue weighted by Gasteiger charge is -2.25. The fourth-order valence-corrected chi connectivity index (χ4v) is 1.41. The van der Waals surface area contributed by atoms with Crippen LogP contribution in [0.4, 0.5) is 0 Å². The molecular formula is C6H10O6S. The van der Waals surface area contributed by atoms with Crippen LogP contribution >= 0.6 is 0 Å². The SMILES string of the molecule is CC(OS(=O)O)C1(C=O)OCCO1. The summed E-state index contributed by atoms with van der Waals surface area (Å²) in [5.74, 6) is -1.53. The van der Waals surface area contributed by atoms with E-state index in [0.717, 1.165) is 0 Å². The molecular weight excluding hydrogens is 200 g/mol. The van der Waals surface area contributed by atoms with E-state index >= 15 is 0 Å². The molecule has 1 aliphatic rings. The summed E-state index contributed by atoms with van der Waals surface area (Å²) in [5, 5.41) is 0. The van der Waals surface area contributed by atoms with Crippen molar-refractivity contribution in [3.63, 3.8) is 0 Å². The van der Waals surface area contributed by atoms with Crippen LogP contribution in [0.15, 0.2) is 0 Å². The fraction of sp³-hybridized carbons (Fsp3) is 0.833. The Morgan fingerprint density at radius 3 is 2.54 bits per heavy atom. The van der Waals surface area contributed by atoms with Crippen LogP contribution in [0.1, 0.15) is 6.92 Å². The number of carbonyl (C=O) groups excluding carboxylic acids is 1. The highest BCUT2D eigenvalue weighted by Gasteiger charge is 2.44. The summed E-state index contributed by atoms with van der Waals surface area (Å²) in [5.41, 5.74) is 0. The number of hydrogen-bond donors (Lipinski definition) is 1. The Labute approximate surface area is 77.6 Å². The Morgan fingerprint density at radius 2 is 2.15 bits per heavy atom. The first-order chi connectivity index (χ1) is 6.10. The third-order valence-corrected chi connectivity index (χ3v) is 2.15. The summed E-state index contributed by atoms with van der Waals surface area (Å²) < 4.78 is 33.2. The first-order valence-electron chi connectivity index (χ1n) is 3.63. The summed E-state index contributed by atoms with van der Waals surface area (Å²) in [6, 6.07) is 0. The lowest BCUT2D eigenvalue weighted by atomic mass is 10.2. The minimum Gasteiger partial charge on any atom is -0.339 e. The Balaban J connectivity index is 2.64. The van der Waals surface area contributed by atoms with Gasteiger partial charge in [-0.05, 0) is 6.92 Å². The van der Waals surface area contributed by atoms with Crippen LogP contribution in [0, 0.1) is 0 Å². The molecule has 1 aliphatic heterocycles. The highest BCUT2D eigenvalue weighted by Crippen LogP contribution is 2.23. The average molecular weight is 210 g/mol. The minimum atomic E-state index is -2.44. The molecule has 0 aromatic heterocycles. The van der Waals surface area contributed by atoms with Gasteiger partial charge in [0, 0.05) is 0 Å². The number of aldehydes is 1. The van der Waals surface area contributed by atoms with Gasteiger partial charge in [0.1, 0.15) is 6.10 Å². The van der Waals surface area contributed by atoms with Gasteiger partial charge < -0.3 is 9.47 Å². The molecule has 0 bridgehead atoms. The van der Waals surface area contributed by atoms with Crippen LogP contribution < -0.4 is 0 Å². The van der Waals surface area contributed by atoms with Crippen LogP contribution in [0.25, 0.3) is 0 Å². The monoisotopic (exact) mass is 210 g/mol. The minimum absolute atomic E-state index is 0.268. The molecule has 0 spiro atoms. The van der Waals surface area contributed by atoms with Gasteiger partial charge in [-0.1, -0.05) is 0 Å². The second-order valence-electron chi connectivity index (χ2n) is 2.49. The topological polar surface area (TPSA) is 82.1 Å². The zero-order valence-corrected chi connectivity index (χ0v) is 7.78. The van der Waals surface area contributed by atoms with Crippen LogP contribution in [-0.2, 0) is 29.8 Å². The van der Waals surface area contributed by atoms with Crippen molar-refractivity contribution >= 4 is 17.6 Å². The summed E-state index contributed by atoms with van der Waals surface area (Å²) >= 11 is -2.44. The van der Waals surface area contributed by atoms with Crippen molar-refractivity contribution in [2.24, 2.45) is 0 Å². The maximum absolute atomic E-state index is 10.6. The molecule has 76 valence electrons. The van der Waals surface area contributed by atoms with Gasteiger partial charge in [0.05, 0.1) is 13.2 Å². The third kappa shape index (κ3) is 2.32. The molecule has 0 aromatic carbocycles. The van der Waals surface area contributed by atoms with E-state index in [1.54, 1.807) is 0 Å². The maximum atomic E-state index is 10.6. The van der Waals surface area contributed by atoms with E-state index in [-0.39, 0.29) is 13.2 Å². The predicted molar refractivity (Wildman–Crippen MR) is 42.0 cm³/mol. The lowest BCUT2D eigenvalue weighted by Crippen LogP contribution is -2.45. The van der Waals surface area contributed by atoms with Crippen molar-refractivity contribution in [1.29, 1.82) is 0 Å². The molecule has 2 unspecified atom stereocenters. The first kappa shape index (κ1) is 10.7. The lowest BCUT2D eigenvalue weighted by molar-refractivity contribution is -0.195. The summed E-state index contributed by atoms with van der Waals surface area (Å²) in [6.45, 7) is 1.96. The molecule has 1 saturated heterocycles. The van der Waals surface area contributed by atoms with E-state index in [2.05, 4.69) is 4.18 Å². The van der Waals surface area contributed by atoms with Crippen molar-refractivity contribution in [2.75, 3.05) is 13.2 Å². The normalized spacial score (nSPS) is 25.4. The molecule has 0 amide bonds. The Morgan fingerprint density at radius 1 is 1.62 bits per heavy atom. The van der Waals surface area contributed by atoms with Crippen LogP contribution in [0.2, 0.25) is 0 Å². The molecule has 0 radical (unpaired) electrons. The van der Waals surface area contributed by atoms with Crippen molar-refractivity contribution in [3.05, 3.63) is 0 Å². The van der Waals surface area contributed by atoms with Crippen LogP contribution in [0.3, 0.4) is 0 Å². The van der Waals surface area contributed by atoms with Crippen LogP contribution in [0.5, 0.6) is 0 Å². The highest BCUT2D eigenvalue weighted by molar-refractivity contribution is 7.74. The standard InChI is InChI=1S/C6H10O6S/c1-5(12-13(8)9)6(4-7)10-2-3-11-6/h4-5H,2-3H2,1H3,(H,8,9). The average Bonchev–Trinajstić information content (AvgIpc) is 2.51. The van der Waals surface area contributed by atoms with E-state index < -0.39 is 23.3 Å². The molecule has 2 atom stereocenters. The van der Waals surface area contributed by atoms with Gasteiger partial charge in [-0.2, -0.15) is 4.21 Å². The first-order valence-corrected chi connectivity index (χ1v) is 4.66. The highest BCUT2D eigenvalue weighted by atomic mass is 32.2. The van der Waals surface area contributed by atoms with Gasteiger partial charge >= 0.3 is 11.4 Å². The molecule has 7 heteroatoms. The van der Waals surface area contributed by atoms with E-state index in [4.69, 9.17) is 14.0 Å². The molecule has 0 saturated carbocycles. The van der Waals surface area contributed by atoms with E-state index in [1.807, 2.05) is 0 Å². The van der Waals surface area contributed by atoms with Gasteiger partial charge in [0.2, 0.25) is 0 Å². The van der Waals surface area contributed by atoms with Gasteiger partial charge in [-0.25, -0.2) is 0 Å². The largest absolute Gasteiger partial charge is 0.339 e. The van der Waals surface area contributed by atoms with Gasteiger partial charge in [-0.3, -0.25) is 13.5 Å². The number of carbonyl (C=O) groups is 1. The maximum Gasteiger partial charge on any atom is 0.302 e. The molecule has 1 rings (SSSR count). The van der Waals surface area contributed by atoms with E-state index in [9.17, 15) is 9.00 Å². The van der Waals surface area contributed by atoms with Crippen molar-refractivity contribution in [2.45, 2.75) is 18.8 Å². The molecule has 0 aromatic rings. The van der Waals surface area contributed by atoms with Crippen molar-refractivity contribution in [1.82, 2.24) is 0 Å². The zero-order chi connectivity index (χ0) is 9.90. The smallest absolute Gasteiger partial charge is 0.302 e. The predicted octanol–water partition coefficient (Wildman–Crippen LogP) is -0.530. The van der Waals surface area contributed by atoms with Crippen molar-refractivity contribution in [3.8, 4) is 0 Å². The molecule has 13 heavy (non-hydrogen) atoms. The summed E-state index contributed by atoms with van der Waals surface area (Å²) in [7, 11) is 0. The van der Waals surface area contributed by atoms with Crippen molar-refractivity contribution < 1.29 is 27.2 Å². The second-order valence-corrected chi connectivity index (χ2v) is 3.12.